The number of rotatable bonds is 6. The highest BCUT2D eigenvalue weighted by Gasteiger charge is 1.98. The Bertz CT molecular complexity index is 602. The van der Waals surface area contributed by atoms with Crippen LogP contribution in [-0.4, -0.2) is 12.8 Å². The summed E-state index contributed by atoms with van der Waals surface area (Å²) in [6.07, 6.45) is 1.56. The standard InChI is InChI=1S/C15H12N4O2/c20-10-16-18-14-5-1-12(2-6-14)9-13-3-7-15(8-4-13)19-17-11-21/h1-8,10-11H,9H2. The summed E-state index contributed by atoms with van der Waals surface area (Å²) in [5.41, 5.74) is 3.50. The van der Waals surface area contributed by atoms with Gasteiger partial charge in [-0.3, -0.25) is 9.59 Å². The summed E-state index contributed by atoms with van der Waals surface area (Å²) >= 11 is 0. The summed E-state index contributed by atoms with van der Waals surface area (Å²) in [5, 5.41) is 14.0. The number of nitrogens with zero attached hydrogens (tertiary/aromatic N) is 4. The van der Waals surface area contributed by atoms with Crippen LogP contribution in [0, 0.1) is 0 Å². The maximum atomic E-state index is 10.1. The van der Waals surface area contributed by atoms with E-state index in [2.05, 4.69) is 20.5 Å². The van der Waals surface area contributed by atoms with Gasteiger partial charge >= 0.3 is 0 Å². The summed E-state index contributed by atoms with van der Waals surface area (Å²) in [6.45, 7) is 0. The van der Waals surface area contributed by atoms with Gasteiger partial charge in [0.15, 0.2) is 0 Å². The molecule has 0 radical (unpaired) electrons. The van der Waals surface area contributed by atoms with Crippen molar-refractivity contribution >= 4 is 24.2 Å². The van der Waals surface area contributed by atoms with Crippen LogP contribution in [0.3, 0.4) is 0 Å². The molecule has 0 saturated carbocycles. The largest absolute Gasteiger partial charge is 0.275 e. The minimum atomic E-state index is 0.400. The van der Waals surface area contributed by atoms with Crippen molar-refractivity contribution in [1.82, 2.24) is 0 Å². The molecule has 0 spiro atoms. The lowest BCUT2D eigenvalue weighted by atomic mass is 10.0. The number of hydrogen-bond acceptors (Lipinski definition) is 4. The van der Waals surface area contributed by atoms with E-state index in [4.69, 9.17) is 0 Å². The average molecular weight is 280 g/mol. The number of carbonyl (C=O) groups excluding carboxylic acids is 2. The van der Waals surface area contributed by atoms with Gasteiger partial charge in [0.1, 0.15) is 0 Å². The van der Waals surface area contributed by atoms with Gasteiger partial charge in [-0.1, -0.05) is 24.3 Å². The summed E-state index contributed by atoms with van der Waals surface area (Å²) in [7, 11) is 0. The quantitative estimate of drug-likeness (QED) is 0.596. The van der Waals surface area contributed by atoms with Gasteiger partial charge in [-0.2, -0.15) is 0 Å². The Hall–Kier alpha value is -3.02. The van der Waals surface area contributed by atoms with E-state index in [9.17, 15) is 9.59 Å². The zero-order valence-electron chi connectivity index (χ0n) is 11.1. The minimum absolute atomic E-state index is 0.400. The molecule has 2 amide bonds. The van der Waals surface area contributed by atoms with Crippen molar-refractivity contribution in [2.24, 2.45) is 20.5 Å². The third-order valence-corrected chi connectivity index (χ3v) is 2.72. The molecule has 2 aromatic rings. The van der Waals surface area contributed by atoms with Crippen LogP contribution in [0.1, 0.15) is 11.1 Å². The van der Waals surface area contributed by atoms with Crippen LogP contribution in [-0.2, 0) is 16.0 Å². The monoisotopic (exact) mass is 280 g/mol. The van der Waals surface area contributed by atoms with Crippen molar-refractivity contribution in [1.29, 1.82) is 0 Å². The van der Waals surface area contributed by atoms with Gasteiger partial charge in [-0.05, 0) is 41.8 Å². The Kier molecular flexibility index (Phi) is 5.17. The molecule has 2 aromatic carbocycles. The maximum Gasteiger partial charge on any atom is 0.252 e. The Labute approximate surface area is 121 Å². The Morgan fingerprint density at radius 2 is 1.05 bits per heavy atom. The smallest absolute Gasteiger partial charge is 0.252 e. The summed E-state index contributed by atoms with van der Waals surface area (Å²) in [5.74, 6) is 0. The molecule has 0 N–H and O–H groups in total. The highest BCUT2D eigenvalue weighted by molar-refractivity contribution is 5.49. The molecule has 0 atom stereocenters. The molecule has 0 aliphatic rings. The first-order valence-corrected chi connectivity index (χ1v) is 6.18. The van der Waals surface area contributed by atoms with Crippen molar-refractivity contribution < 1.29 is 9.59 Å². The minimum Gasteiger partial charge on any atom is -0.275 e. The fraction of sp³-hybridized carbons (Fsp3) is 0.0667. The van der Waals surface area contributed by atoms with E-state index in [1.165, 1.54) is 0 Å². The fourth-order valence-corrected chi connectivity index (χ4v) is 1.78. The second kappa shape index (κ2) is 7.54. The second-order valence-corrected chi connectivity index (χ2v) is 4.15. The topological polar surface area (TPSA) is 83.6 Å². The summed E-state index contributed by atoms with van der Waals surface area (Å²) in [4.78, 5) is 20.2. The van der Waals surface area contributed by atoms with Gasteiger partial charge in [0.05, 0.1) is 11.4 Å². The lowest BCUT2D eigenvalue weighted by Crippen LogP contribution is -1.86. The van der Waals surface area contributed by atoms with Crippen molar-refractivity contribution in [3.8, 4) is 0 Å². The van der Waals surface area contributed by atoms with Crippen molar-refractivity contribution in [2.45, 2.75) is 6.42 Å². The van der Waals surface area contributed by atoms with E-state index in [0.717, 1.165) is 17.5 Å². The molecule has 104 valence electrons. The van der Waals surface area contributed by atoms with Crippen LogP contribution < -0.4 is 0 Å². The van der Waals surface area contributed by atoms with E-state index in [-0.39, 0.29) is 0 Å². The van der Waals surface area contributed by atoms with Crippen LogP contribution in [0.5, 0.6) is 0 Å². The van der Waals surface area contributed by atoms with Gasteiger partial charge in [0.25, 0.3) is 12.8 Å². The van der Waals surface area contributed by atoms with Crippen LogP contribution in [0.15, 0.2) is 69.0 Å². The Morgan fingerprint density at radius 1 is 0.667 bits per heavy atom. The predicted molar refractivity (Wildman–Crippen MR) is 76.9 cm³/mol. The van der Waals surface area contributed by atoms with Gasteiger partial charge in [0, 0.05) is 0 Å². The average Bonchev–Trinajstić information content (AvgIpc) is 2.53. The van der Waals surface area contributed by atoms with E-state index >= 15 is 0 Å². The first-order chi connectivity index (χ1) is 10.3. The molecule has 0 bridgehead atoms. The van der Waals surface area contributed by atoms with E-state index < -0.39 is 0 Å². The fourth-order valence-electron chi connectivity index (χ4n) is 1.78. The van der Waals surface area contributed by atoms with E-state index in [1.807, 2.05) is 24.3 Å². The summed E-state index contributed by atoms with van der Waals surface area (Å²) < 4.78 is 0. The third kappa shape index (κ3) is 4.54. The normalized spacial score (nSPS) is 11.0. The number of amides is 2. The Morgan fingerprint density at radius 3 is 1.38 bits per heavy atom. The molecule has 0 aromatic heterocycles. The first kappa shape index (κ1) is 14.4. The van der Waals surface area contributed by atoms with Crippen LogP contribution >= 0.6 is 0 Å². The third-order valence-electron chi connectivity index (χ3n) is 2.72. The molecule has 0 saturated heterocycles. The SMILES string of the molecule is O=CN=Nc1ccc(Cc2ccc(N=NC=O)cc2)cc1. The second-order valence-electron chi connectivity index (χ2n) is 4.15. The molecule has 6 nitrogen and oxygen atoms in total. The number of hydrogen-bond donors (Lipinski definition) is 0. The van der Waals surface area contributed by atoms with Crippen molar-refractivity contribution in [2.75, 3.05) is 0 Å². The van der Waals surface area contributed by atoms with E-state index in [1.54, 1.807) is 24.3 Å². The summed E-state index contributed by atoms with van der Waals surface area (Å²) in [6, 6.07) is 14.9. The van der Waals surface area contributed by atoms with Crippen molar-refractivity contribution in [3.05, 3.63) is 59.7 Å². The van der Waals surface area contributed by atoms with Gasteiger partial charge in [0.2, 0.25) is 0 Å². The van der Waals surface area contributed by atoms with Gasteiger partial charge in [-0.25, -0.2) is 0 Å². The molecule has 0 heterocycles. The number of carbonyl (C=O) groups is 2. The van der Waals surface area contributed by atoms with Crippen LogP contribution in [0.2, 0.25) is 0 Å². The van der Waals surface area contributed by atoms with Gasteiger partial charge in [-0.15, -0.1) is 20.5 Å². The van der Waals surface area contributed by atoms with Crippen LogP contribution in [0.25, 0.3) is 0 Å². The first-order valence-electron chi connectivity index (χ1n) is 6.18. The molecule has 0 fully saturated rings. The molecular formula is C15H12N4O2. The maximum absolute atomic E-state index is 10.1. The van der Waals surface area contributed by atoms with Crippen LogP contribution in [0.4, 0.5) is 11.4 Å². The zero-order valence-corrected chi connectivity index (χ0v) is 11.1. The molecule has 21 heavy (non-hydrogen) atoms. The molecule has 0 aliphatic carbocycles. The number of azo groups is 2. The Balaban J connectivity index is 2.04. The highest BCUT2D eigenvalue weighted by atomic mass is 16.1. The molecule has 0 aliphatic heterocycles. The predicted octanol–water partition coefficient (Wildman–Crippen LogP) is 3.76. The molecule has 6 heteroatoms. The van der Waals surface area contributed by atoms with Crippen molar-refractivity contribution in [3.63, 3.8) is 0 Å². The molecule has 0 unspecified atom stereocenters. The van der Waals surface area contributed by atoms with E-state index in [0.29, 0.717) is 24.2 Å². The lowest BCUT2D eigenvalue weighted by Gasteiger charge is -2.02. The zero-order chi connectivity index (χ0) is 14.9. The molecule has 2 rings (SSSR count). The molecular weight excluding hydrogens is 268 g/mol. The lowest BCUT2D eigenvalue weighted by molar-refractivity contribution is -0.107. The highest BCUT2D eigenvalue weighted by Crippen LogP contribution is 2.18. The number of benzene rings is 2. The van der Waals surface area contributed by atoms with Gasteiger partial charge < -0.3 is 0 Å².